The largest absolute Gasteiger partial charge is 0.462 e. The third-order valence-corrected chi connectivity index (χ3v) is 2.19. The van der Waals surface area contributed by atoms with Gasteiger partial charge < -0.3 is 10.1 Å². The number of aromatic nitrogens is 1. The maximum Gasteiger partial charge on any atom is 0.339 e. The van der Waals surface area contributed by atoms with Gasteiger partial charge in [-0.15, -0.1) is 6.58 Å². The van der Waals surface area contributed by atoms with E-state index in [1.807, 2.05) is 13.0 Å². The number of pyridine rings is 1. The molecule has 0 saturated heterocycles. The van der Waals surface area contributed by atoms with E-state index in [1.165, 1.54) is 6.20 Å². The van der Waals surface area contributed by atoms with Crippen molar-refractivity contribution in [3.63, 3.8) is 0 Å². The second kappa shape index (κ2) is 6.68. The average Bonchev–Trinajstić information content (AvgIpc) is 2.30. The average molecular weight is 234 g/mol. The maximum absolute atomic E-state index is 11.4. The number of nitrogens with one attached hydrogen (secondary N) is 1. The molecule has 1 aromatic heterocycles. The normalized spacial score (nSPS) is 11.6. The van der Waals surface area contributed by atoms with Crippen molar-refractivity contribution in [2.24, 2.45) is 0 Å². The SMILES string of the molecule is C=CCC(C)Nc1ccc(C(=O)OCC)cn1. The second-order valence-corrected chi connectivity index (χ2v) is 3.72. The molecule has 1 heterocycles. The zero-order chi connectivity index (χ0) is 12.7. The monoisotopic (exact) mass is 234 g/mol. The van der Waals surface area contributed by atoms with Crippen LogP contribution in [0, 0.1) is 0 Å². The minimum Gasteiger partial charge on any atom is -0.462 e. The number of esters is 1. The third-order valence-electron chi connectivity index (χ3n) is 2.19. The fraction of sp³-hybridized carbons (Fsp3) is 0.385. The Labute approximate surface area is 102 Å². The van der Waals surface area contributed by atoms with Crippen LogP contribution in [0.25, 0.3) is 0 Å². The highest BCUT2D eigenvalue weighted by Gasteiger charge is 2.07. The number of ether oxygens (including phenoxy) is 1. The predicted molar refractivity (Wildman–Crippen MR) is 68.1 cm³/mol. The van der Waals surface area contributed by atoms with E-state index in [0.29, 0.717) is 12.2 Å². The van der Waals surface area contributed by atoms with Gasteiger partial charge >= 0.3 is 5.97 Å². The Balaban J connectivity index is 2.61. The van der Waals surface area contributed by atoms with E-state index in [2.05, 4.69) is 16.9 Å². The van der Waals surface area contributed by atoms with Gasteiger partial charge in [0.05, 0.1) is 12.2 Å². The molecule has 1 atom stereocenters. The molecule has 92 valence electrons. The van der Waals surface area contributed by atoms with Crippen molar-refractivity contribution in [1.29, 1.82) is 0 Å². The van der Waals surface area contributed by atoms with Gasteiger partial charge in [0.2, 0.25) is 0 Å². The Morgan fingerprint density at radius 3 is 2.94 bits per heavy atom. The summed E-state index contributed by atoms with van der Waals surface area (Å²) in [5, 5.41) is 3.21. The topological polar surface area (TPSA) is 51.2 Å². The van der Waals surface area contributed by atoms with E-state index in [1.54, 1.807) is 19.1 Å². The molecular weight excluding hydrogens is 216 g/mol. The number of nitrogens with zero attached hydrogens (tertiary/aromatic N) is 1. The van der Waals surface area contributed by atoms with Crippen LogP contribution >= 0.6 is 0 Å². The standard InChI is InChI=1S/C13H18N2O2/c1-4-6-10(3)15-12-8-7-11(9-14-12)13(16)17-5-2/h4,7-10H,1,5-6H2,2-3H3,(H,14,15). The van der Waals surface area contributed by atoms with Gasteiger partial charge in [0.1, 0.15) is 5.82 Å². The summed E-state index contributed by atoms with van der Waals surface area (Å²) in [4.78, 5) is 15.5. The van der Waals surface area contributed by atoms with E-state index in [9.17, 15) is 4.79 Å². The summed E-state index contributed by atoms with van der Waals surface area (Å²) >= 11 is 0. The summed E-state index contributed by atoms with van der Waals surface area (Å²) in [7, 11) is 0. The van der Waals surface area contributed by atoms with Crippen LogP contribution in [0.2, 0.25) is 0 Å². The number of hydrogen-bond acceptors (Lipinski definition) is 4. The lowest BCUT2D eigenvalue weighted by Crippen LogP contribution is -2.15. The van der Waals surface area contributed by atoms with E-state index in [4.69, 9.17) is 4.74 Å². The Morgan fingerprint density at radius 1 is 1.65 bits per heavy atom. The van der Waals surface area contributed by atoms with Crippen molar-refractivity contribution in [3.05, 3.63) is 36.5 Å². The fourth-order valence-electron chi connectivity index (χ4n) is 1.38. The van der Waals surface area contributed by atoms with Crippen molar-refractivity contribution < 1.29 is 9.53 Å². The Bertz CT molecular complexity index is 374. The quantitative estimate of drug-likeness (QED) is 0.607. The Morgan fingerprint density at radius 2 is 2.41 bits per heavy atom. The van der Waals surface area contributed by atoms with Crippen molar-refractivity contribution >= 4 is 11.8 Å². The molecule has 1 aromatic rings. The molecule has 17 heavy (non-hydrogen) atoms. The lowest BCUT2D eigenvalue weighted by molar-refractivity contribution is 0.0526. The lowest BCUT2D eigenvalue weighted by atomic mass is 10.2. The number of anilines is 1. The van der Waals surface area contributed by atoms with Crippen LogP contribution in [-0.4, -0.2) is 23.6 Å². The minimum atomic E-state index is -0.342. The molecular formula is C13H18N2O2. The highest BCUT2D eigenvalue weighted by Crippen LogP contribution is 2.09. The summed E-state index contributed by atoms with van der Waals surface area (Å²) in [6, 6.07) is 3.74. The third kappa shape index (κ3) is 4.26. The first kappa shape index (κ1) is 13.2. The molecule has 0 aliphatic carbocycles. The van der Waals surface area contributed by atoms with Gasteiger partial charge in [-0.1, -0.05) is 6.08 Å². The van der Waals surface area contributed by atoms with Crippen LogP contribution < -0.4 is 5.32 Å². The number of hydrogen-bond donors (Lipinski definition) is 1. The van der Waals surface area contributed by atoms with Crippen molar-refractivity contribution in [2.45, 2.75) is 26.3 Å². The summed E-state index contributed by atoms with van der Waals surface area (Å²) in [6.45, 7) is 7.87. The molecule has 0 aliphatic rings. The molecule has 1 N–H and O–H groups in total. The van der Waals surface area contributed by atoms with Gasteiger partial charge in [0.25, 0.3) is 0 Å². The van der Waals surface area contributed by atoms with Crippen LogP contribution in [0.4, 0.5) is 5.82 Å². The molecule has 0 radical (unpaired) electrons. The van der Waals surface area contributed by atoms with Gasteiger partial charge in [-0.2, -0.15) is 0 Å². The first-order chi connectivity index (χ1) is 8.17. The van der Waals surface area contributed by atoms with Crippen molar-refractivity contribution in [1.82, 2.24) is 4.98 Å². The van der Waals surface area contributed by atoms with Crippen LogP contribution in [0.15, 0.2) is 31.0 Å². The fourth-order valence-corrected chi connectivity index (χ4v) is 1.38. The summed E-state index contributed by atoms with van der Waals surface area (Å²) < 4.78 is 4.87. The molecule has 0 spiro atoms. The highest BCUT2D eigenvalue weighted by molar-refractivity contribution is 5.89. The lowest BCUT2D eigenvalue weighted by Gasteiger charge is -2.12. The van der Waals surface area contributed by atoms with E-state index in [-0.39, 0.29) is 12.0 Å². The van der Waals surface area contributed by atoms with Gasteiger partial charge in [-0.3, -0.25) is 0 Å². The van der Waals surface area contributed by atoms with E-state index >= 15 is 0 Å². The zero-order valence-corrected chi connectivity index (χ0v) is 10.3. The number of rotatable bonds is 6. The molecule has 0 saturated carbocycles. The number of carbonyl (C=O) groups is 1. The van der Waals surface area contributed by atoms with Gasteiger partial charge in [0, 0.05) is 12.2 Å². The predicted octanol–water partition coefficient (Wildman–Crippen LogP) is 2.63. The zero-order valence-electron chi connectivity index (χ0n) is 10.3. The molecule has 1 unspecified atom stereocenters. The smallest absolute Gasteiger partial charge is 0.339 e. The summed E-state index contributed by atoms with van der Waals surface area (Å²) in [6.07, 6.45) is 4.23. The van der Waals surface area contributed by atoms with Crippen LogP contribution in [0.3, 0.4) is 0 Å². The molecule has 0 fully saturated rings. The highest BCUT2D eigenvalue weighted by atomic mass is 16.5. The van der Waals surface area contributed by atoms with E-state index in [0.717, 1.165) is 12.2 Å². The first-order valence-corrected chi connectivity index (χ1v) is 5.68. The Kier molecular flexibility index (Phi) is 5.20. The summed E-state index contributed by atoms with van der Waals surface area (Å²) in [5.41, 5.74) is 0.466. The molecule has 4 nitrogen and oxygen atoms in total. The molecule has 0 amide bonds. The molecule has 1 rings (SSSR count). The van der Waals surface area contributed by atoms with Gasteiger partial charge in [-0.25, -0.2) is 9.78 Å². The van der Waals surface area contributed by atoms with Crippen LogP contribution in [0.5, 0.6) is 0 Å². The van der Waals surface area contributed by atoms with Crippen molar-refractivity contribution in [2.75, 3.05) is 11.9 Å². The molecule has 0 aliphatic heterocycles. The number of carbonyl (C=O) groups excluding carboxylic acids is 1. The molecule has 4 heteroatoms. The summed E-state index contributed by atoms with van der Waals surface area (Å²) in [5.74, 6) is 0.401. The molecule has 0 aromatic carbocycles. The van der Waals surface area contributed by atoms with Gasteiger partial charge in [-0.05, 0) is 32.4 Å². The van der Waals surface area contributed by atoms with Crippen LogP contribution in [-0.2, 0) is 4.74 Å². The van der Waals surface area contributed by atoms with Gasteiger partial charge in [0.15, 0.2) is 0 Å². The Hall–Kier alpha value is -1.84. The van der Waals surface area contributed by atoms with Crippen LogP contribution in [0.1, 0.15) is 30.6 Å². The second-order valence-electron chi connectivity index (χ2n) is 3.72. The van der Waals surface area contributed by atoms with Crippen molar-refractivity contribution in [3.8, 4) is 0 Å². The minimum absolute atomic E-state index is 0.272. The maximum atomic E-state index is 11.4. The first-order valence-electron chi connectivity index (χ1n) is 5.68. The van der Waals surface area contributed by atoms with E-state index < -0.39 is 0 Å². The molecule has 0 bridgehead atoms.